The van der Waals surface area contributed by atoms with Crippen LogP contribution in [0.4, 0.5) is 0 Å². The first kappa shape index (κ1) is 10.6. The summed E-state index contributed by atoms with van der Waals surface area (Å²) in [6.07, 6.45) is 6.97. The molecule has 16 heavy (non-hydrogen) atoms. The summed E-state index contributed by atoms with van der Waals surface area (Å²) in [7, 11) is 0. The summed E-state index contributed by atoms with van der Waals surface area (Å²) < 4.78 is 0. The molecule has 1 aliphatic heterocycles. The fraction of sp³-hybridized carbons (Fsp3) is 0.923. The SMILES string of the molecule is CC1(C(=O)N2CC[C@]3(CN)CCC[C@H]23)CC1. The molecule has 1 heterocycles. The van der Waals surface area contributed by atoms with Crippen molar-refractivity contribution in [2.75, 3.05) is 13.1 Å². The Kier molecular flexibility index (Phi) is 2.13. The van der Waals surface area contributed by atoms with Gasteiger partial charge in [0.05, 0.1) is 0 Å². The normalized spacial score (nSPS) is 39.9. The molecule has 2 aliphatic carbocycles. The van der Waals surface area contributed by atoms with Gasteiger partial charge < -0.3 is 10.6 Å². The zero-order valence-electron chi connectivity index (χ0n) is 10.2. The first-order chi connectivity index (χ1) is 7.61. The Balaban J connectivity index is 1.81. The summed E-state index contributed by atoms with van der Waals surface area (Å²) >= 11 is 0. The van der Waals surface area contributed by atoms with Crippen LogP contribution in [0.2, 0.25) is 0 Å². The van der Waals surface area contributed by atoms with Gasteiger partial charge >= 0.3 is 0 Å². The van der Waals surface area contributed by atoms with E-state index in [2.05, 4.69) is 11.8 Å². The van der Waals surface area contributed by atoms with E-state index < -0.39 is 0 Å². The van der Waals surface area contributed by atoms with Crippen molar-refractivity contribution in [3.05, 3.63) is 0 Å². The van der Waals surface area contributed by atoms with Crippen molar-refractivity contribution in [1.82, 2.24) is 4.90 Å². The molecular formula is C13H22N2O. The van der Waals surface area contributed by atoms with Gasteiger partial charge in [-0.3, -0.25) is 4.79 Å². The van der Waals surface area contributed by atoms with Gasteiger partial charge in [0.15, 0.2) is 0 Å². The van der Waals surface area contributed by atoms with E-state index in [9.17, 15) is 4.79 Å². The number of rotatable bonds is 2. The maximum Gasteiger partial charge on any atom is 0.228 e. The van der Waals surface area contributed by atoms with E-state index in [-0.39, 0.29) is 10.8 Å². The fourth-order valence-electron chi connectivity index (χ4n) is 3.73. The van der Waals surface area contributed by atoms with Gasteiger partial charge in [0.1, 0.15) is 0 Å². The van der Waals surface area contributed by atoms with Gasteiger partial charge in [0, 0.05) is 23.4 Å². The van der Waals surface area contributed by atoms with Crippen LogP contribution in [-0.4, -0.2) is 29.9 Å². The predicted molar refractivity (Wildman–Crippen MR) is 62.8 cm³/mol. The number of hydrogen-bond acceptors (Lipinski definition) is 2. The Morgan fingerprint density at radius 3 is 2.75 bits per heavy atom. The lowest BCUT2D eigenvalue weighted by Crippen LogP contribution is -2.45. The van der Waals surface area contributed by atoms with E-state index in [0.717, 1.165) is 32.4 Å². The summed E-state index contributed by atoms with van der Waals surface area (Å²) in [5.41, 5.74) is 6.23. The highest BCUT2D eigenvalue weighted by Crippen LogP contribution is 2.53. The number of likely N-dealkylation sites (tertiary alicyclic amines) is 1. The number of hydrogen-bond donors (Lipinski definition) is 1. The molecule has 2 N–H and O–H groups in total. The van der Waals surface area contributed by atoms with Crippen molar-refractivity contribution in [3.8, 4) is 0 Å². The average molecular weight is 222 g/mol. The molecule has 0 aromatic carbocycles. The number of nitrogens with zero attached hydrogens (tertiary/aromatic N) is 1. The molecule has 1 amide bonds. The quantitative estimate of drug-likeness (QED) is 0.770. The molecule has 3 nitrogen and oxygen atoms in total. The van der Waals surface area contributed by atoms with E-state index in [1.54, 1.807) is 0 Å². The molecule has 3 heteroatoms. The van der Waals surface area contributed by atoms with Crippen LogP contribution in [0, 0.1) is 10.8 Å². The summed E-state index contributed by atoms with van der Waals surface area (Å²) in [4.78, 5) is 14.6. The van der Waals surface area contributed by atoms with Crippen LogP contribution in [0.25, 0.3) is 0 Å². The summed E-state index contributed by atoms with van der Waals surface area (Å²) in [5.74, 6) is 0.412. The van der Waals surface area contributed by atoms with Crippen LogP contribution in [0.15, 0.2) is 0 Å². The van der Waals surface area contributed by atoms with Gasteiger partial charge in [-0.2, -0.15) is 0 Å². The molecule has 2 saturated carbocycles. The van der Waals surface area contributed by atoms with Gasteiger partial charge in [-0.05, 0) is 38.6 Å². The van der Waals surface area contributed by atoms with Crippen LogP contribution in [0.3, 0.4) is 0 Å². The van der Waals surface area contributed by atoms with Crippen molar-refractivity contribution in [2.45, 2.75) is 51.5 Å². The van der Waals surface area contributed by atoms with Crippen LogP contribution < -0.4 is 5.73 Å². The molecule has 0 aromatic rings. The Hall–Kier alpha value is -0.570. The topological polar surface area (TPSA) is 46.3 Å². The molecule has 90 valence electrons. The van der Waals surface area contributed by atoms with Crippen molar-refractivity contribution in [2.24, 2.45) is 16.6 Å². The number of amides is 1. The molecule has 1 saturated heterocycles. The number of fused-ring (bicyclic) bond motifs is 1. The molecule has 3 fully saturated rings. The lowest BCUT2D eigenvalue weighted by atomic mass is 9.82. The Morgan fingerprint density at radius 2 is 2.12 bits per heavy atom. The largest absolute Gasteiger partial charge is 0.339 e. The third-order valence-corrected chi connectivity index (χ3v) is 5.27. The second-order valence-electron chi connectivity index (χ2n) is 6.28. The molecule has 0 unspecified atom stereocenters. The summed E-state index contributed by atoms with van der Waals surface area (Å²) in [6.45, 7) is 3.83. The third-order valence-electron chi connectivity index (χ3n) is 5.27. The molecule has 0 spiro atoms. The van der Waals surface area contributed by atoms with Crippen molar-refractivity contribution in [3.63, 3.8) is 0 Å². The van der Waals surface area contributed by atoms with Crippen molar-refractivity contribution >= 4 is 5.91 Å². The lowest BCUT2D eigenvalue weighted by Gasteiger charge is -2.32. The van der Waals surface area contributed by atoms with E-state index in [0.29, 0.717) is 11.9 Å². The van der Waals surface area contributed by atoms with E-state index in [1.807, 2.05) is 0 Å². The van der Waals surface area contributed by atoms with Crippen LogP contribution >= 0.6 is 0 Å². The zero-order chi connectivity index (χ0) is 11.4. The minimum atomic E-state index is -0.00668. The van der Waals surface area contributed by atoms with Crippen molar-refractivity contribution in [1.29, 1.82) is 0 Å². The van der Waals surface area contributed by atoms with Gasteiger partial charge in [0.2, 0.25) is 5.91 Å². The van der Waals surface area contributed by atoms with Crippen molar-refractivity contribution < 1.29 is 4.79 Å². The Bertz CT molecular complexity index is 324. The van der Waals surface area contributed by atoms with Gasteiger partial charge in [-0.25, -0.2) is 0 Å². The third kappa shape index (κ3) is 1.27. The van der Waals surface area contributed by atoms with Gasteiger partial charge in [-0.1, -0.05) is 13.3 Å². The number of carbonyl (C=O) groups excluding carboxylic acids is 1. The Labute approximate surface area is 97.4 Å². The highest BCUT2D eigenvalue weighted by Gasteiger charge is 2.55. The highest BCUT2D eigenvalue weighted by atomic mass is 16.2. The zero-order valence-corrected chi connectivity index (χ0v) is 10.2. The molecular weight excluding hydrogens is 200 g/mol. The smallest absolute Gasteiger partial charge is 0.228 e. The maximum atomic E-state index is 12.4. The first-order valence-corrected chi connectivity index (χ1v) is 6.63. The summed E-state index contributed by atoms with van der Waals surface area (Å²) in [6, 6.07) is 0.461. The molecule has 3 aliphatic rings. The van der Waals surface area contributed by atoms with Gasteiger partial charge in [-0.15, -0.1) is 0 Å². The average Bonchev–Trinajstić information content (AvgIpc) is 2.78. The second-order valence-corrected chi connectivity index (χ2v) is 6.28. The number of nitrogens with two attached hydrogens (primary N) is 1. The van der Waals surface area contributed by atoms with E-state index in [4.69, 9.17) is 5.73 Å². The standard InChI is InChI=1S/C13H22N2O/c1-12(5-6-12)11(16)15-8-7-13(9-14)4-2-3-10(13)15/h10H,2-9,14H2,1H3/t10-,13-/m0/s1. The number of carbonyl (C=O) groups is 1. The maximum absolute atomic E-state index is 12.4. The minimum Gasteiger partial charge on any atom is -0.339 e. The highest BCUT2D eigenvalue weighted by molar-refractivity contribution is 5.85. The van der Waals surface area contributed by atoms with E-state index in [1.165, 1.54) is 19.3 Å². The van der Waals surface area contributed by atoms with E-state index >= 15 is 0 Å². The summed E-state index contributed by atoms with van der Waals surface area (Å²) in [5, 5.41) is 0. The minimum absolute atomic E-state index is 0.00668. The molecule has 0 aromatic heterocycles. The monoisotopic (exact) mass is 222 g/mol. The van der Waals surface area contributed by atoms with Crippen LogP contribution in [0.1, 0.15) is 45.4 Å². The molecule has 0 radical (unpaired) electrons. The van der Waals surface area contributed by atoms with Crippen LogP contribution in [-0.2, 0) is 4.79 Å². The Morgan fingerprint density at radius 1 is 1.38 bits per heavy atom. The van der Waals surface area contributed by atoms with Gasteiger partial charge in [0.25, 0.3) is 0 Å². The lowest BCUT2D eigenvalue weighted by molar-refractivity contribution is -0.137. The molecule has 0 bridgehead atoms. The molecule has 3 rings (SSSR count). The first-order valence-electron chi connectivity index (χ1n) is 6.63. The van der Waals surface area contributed by atoms with Crippen LogP contribution in [0.5, 0.6) is 0 Å². The predicted octanol–water partition coefficient (Wildman–Crippen LogP) is 1.52. The second kappa shape index (κ2) is 3.22. The molecule has 2 atom stereocenters. The fourth-order valence-corrected chi connectivity index (χ4v) is 3.73.